The molecule has 0 aliphatic carbocycles. The third-order valence-corrected chi connectivity index (χ3v) is 4.59. The van der Waals surface area contributed by atoms with Gasteiger partial charge in [-0.1, -0.05) is 43.0 Å². The lowest BCUT2D eigenvalue weighted by Crippen LogP contribution is -2.22. The molecular weight excluding hydrogens is 308 g/mol. The van der Waals surface area contributed by atoms with Crippen LogP contribution < -0.4 is 5.56 Å². The highest BCUT2D eigenvalue weighted by molar-refractivity contribution is 7.99. The Labute approximate surface area is 138 Å². The van der Waals surface area contributed by atoms with Crippen LogP contribution in [0.25, 0.3) is 16.6 Å². The molecular formula is C18H18N2O2S. The third-order valence-electron chi connectivity index (χ3n) is 3.67. The van der Waals surface area contributed by atoms with Crippen molar-refractivity contribution in [3.05, 3.63) is 64.4 Å². The van der Waals surface area contributed by atoms with Crippen LogP contribution >= 0.6 is 11.8 Å². The third kappa shape index (κ3) is 3.16. The Morgan fingerprint density at radius 1 is 1.13 bits per heavy atom. The maximum absolute atomic E-state index is 12.9. The Hall–Kier alpha value is -2.11. The number of benzene rings is 2. The molecule has 1 heterocycles. The van der Waals surface area contributed by atoms with Crippen molar-refractivity contribution in [1.82, 2.24) is 9.55 Å². The summed E-state index contributed by atoms with van der Waals surface area (Å²) in [6.45, 7) is 2.14. The summed E-state index contributed by atoms with van der Waals surface area (Å²) in [6.07, 6.45) is 0.956. The Balaban J connectivity index is 2.22. The average molecular weight is 326 g/mol. The molecule has 0 fully saturated rings. The number of hydrogen-bond donors (Lipinski definition) is 1. The van der Waals surface area contributed by atoms with Crippen LogP contribution in [0.2, 0.25) is 0 Å². The molecule has 3 aromatic rings. The van der Waals surface area contributed by atoms with Crippen molar-refractivity contribution < 1.29 is 5.11 Å². The lowest BCUT2D eigenvalue weighted by Gasteiger charge is -2.13. The zero-order chi connectivity index (χ0) is 16.2. The van der Waals surface area contributed by atoms with Crippen molar-refractivity contribution in [2.45, 2.75) is 18.5 Å². The highest BCUT2D eigenvalue weighted by Gasteiger charge is 2.12. The largest absolute Gasteiger partial charge is 0.396 e. The van der Waals surface area contributed by atoms with Crippen LogP contribution in [0.4, 0.5) is 0 Å². The average Bonchev–Trinajstić information content (AvgIpc) is 2.60. The van der Waals surface area contributed by atoms with Gasteiger partial charge in [0.25, 0.3) is 5.56 Å². The van der Waals surface area contributed by atoms with Crippen molar-refractivity contribution in [3.8, 4) is 5.69 Å². The predicted octanol–water partition coefficient (Wildman–Crippen LogP) is 3.03. The maximum atomic E-state index is 12.9. The zero-order valence-electron chi connectivity index (χ0n) is 12.9. The predicted molar refractivity (Wildman–Crippen MR) is 94.5 cm³/mol. The second-order valence-corrected chi connectivity index (χ2v) is 6.21. The molecule has 5 heteroatoms. The highest BCUT2D eigenvalue weighted by atomic mass is 32.2. The molecule has 0 amide bonds. The number of hydrogen-bond acceptors (Lipinski definition) is 4. The van der Waals surface area contributed by atoms with E-state index in [-0.39, 0.29) is 12.2 Å². The van der Waals surface area contributed by atoms with Gasteiger partial charge in [0.1, 0.15) is 0 Å². The molecule has 0 bridgehead atoms. The summed E-state index contributed by atoms with van der Waals surface area (Å²) in [5, 5.41) is 10.3. The minimum atomic E-state index is -0.0831. The molecule has 0 saturated carbocycles. The van der Waals surface area contributed by atoms with Crippen LogP contribution in [0, 0.1) is 0 Å². The normalized spacial score (nSPS) is 11.0. The molecule has 0 unspecified atom stereocenters. The smallest absolute Gasteiger partial charge is 0.266 e. The second kappa shape index (κ2) is 6.98. The maximum Gasteiger partial charge on any atom is 0.266 e. The molecule has 23 heavy (non-hydrogen) atoms. The quantitative estimate of drug-likeness (QED) is 0.578. The number of aryl methyl sites for hydroxylation is 1. The van der Waals surface area contributed by atoms with Gasteiger partial charge in [0, 0.05) is 5.75 Å². The molecule has 0 radical (unpaired) electrons. The number of nitrogens with zero attached hydrogens (tertiary/aromatic N) is 2. The Morgan fingerprint density at radius 3 is 2.57 bits per heavy atom. The number of aliphatic hydroxyl groups is 1. The lowest BCUT2D eigenvalue weighted by atomic mass is 10.1. The van der Waals surface area contributed by atoms with Gasteiger partial charge in [0.05, 0.1) is 23.2 Å². The van der Waals surface area contributed by atoms with Crippen molar-refractivity contribution in [3.63, 3.8) is 0 Å². The minimum Gasteiger partial charge on any atom is -0.396 e. The van der Waals surface area contributed by atoms with E-state index in [0.717, 1.165) is 12.1 Å². The van der Waals surface area contributed by atoms with Crippen LogP contribution in [-0.4, -0.2) is 27.0 Å². The molecule has 0 spiro atoms. The van der Waals surface area contributed by atoms with Crippen LogP contribution in [-0.2, 0) is 6.42 Å². The van der Waals surface area contributed by atoms with Gasteiger partial charge in [-0.15, -0.1) is 0 Å². The molecule has 4 nitrogen and oxygen atoms in total. The summed E-state index contributed by atoms with van der Waals surface area (Å²) in [5.74, 6) is 0.498. The van der Waals surface area contributed by atoms with E-state index in [2.05, 4.69) is 11.9 Å². The van der Waals surface area contributed by atoms with E-state index in [0.29, 0.717) is 21.8 Å². The van der Waals surface area contributed by atoms with E-state index in [4.69, 9.17) is 5.11 Å². The molecule has 1 aromatic heterocycles. The summed E-state index contributed by atoms with van der Waals surface area (Å²) in [5.41, 5.74) is 2.62. The van der Waals surface area contributed by atoms with Crippen molar-refractivity contribution in [2.24, 2.45) is 0 Å². The Morgan fingerprint density at radius 2 is 1.87 bits per heavy atom. The van der Waals surface area contributed by atoms with Gasteiger partial charge < -0.3 is 5.11 Å². The second-order valence-electron chi connectivity index (χ2n) is 5.14. The number of thioether (sulfide) groups is 1. The monoisotopic (exact) mass is 326 g/mol. The standard InChI is InChI=1S/C18H18N2O2S/c1-2-13-7-9-14(10-8-13)20-17(22)15-5-3-4-6-16(15)19-18(20)23-12-11-21/h3-10,21H,2,11-12H2,1H3. The van der Waals surface area contributed by atoms with Crippen molar-refractivity contribution in [1.29, 1.82) is 0 Å². The molecule has 0 saturated heterocycles. The molecule has 118 valence electrons. The van der Waals surface area contributed by atoms with Gasteiger partial charge in [-0.25, -0.2) is 4.98 Å². The number of aromatic nitrogens is 2. The van der Waals surface area contributed by atoms with Crippen LogP contribution in [0.3, 0.4) is 0 Å². The van der Waals surface area contributed by atoms with Crippen molar-refractivity contribution in [2.75, 3.05) is 12.4 Å². The van der Waals surface area contributed by atoms with E-state index in [1.165, 1.54) is 17.3 Å². The first kappa shape index (κ1) is 15.8. The Kier molecular flexibility index (Phi) is 4.79. The van der Waals surface area contributed by atoms with Gasteiger partial charge in [0.2, 0.25) is 0 Å². The SMILES string of the molecule is CCc1ccc(-n2c(SCCO)nc3ccccc3c2=O)cc1. The van der Waals surface area contributed by atoms with E-state index >= 15 is 0 Å². The molecule has 2 aromatic carbocycles. The lowest BCUT2D eigenvalue weighted by molar-refractivity contribution is 0.322. The molecule has 0 atom stereocenters. The van der Waals surface area contributed by atoms with Gasteiger partial charge in [-0.05, 0) is 36.2 Å². The van der Waals surface area contributed by atoms with E-state index in [1.807, 2.05) is 42.5 Å². The fourth-order valence-corrected chi connectivity index (χ4v) is 3.21. The van der Waals surface area contributed by atoms with Gasteiger partial charge in [0.15, 0.2) is 5.16 Å². The highest BCUT2D eigenvalue weighted by Crippen LogP contribution is 2.21. The first-order valence-corrected chi connectivity index (χ1v) is 8.58. The van der Waals surface area contributed by atoms with E-state index in [9.17, 15) is 4.79 Å². The number of para-hydroxylation sites is 1. The van der Waals surface area contributed by atoms with Gasteiger partial charge >= 0.3 is 0 Å². The number of aliphatic hydroxyl groups excluding tert-OH is 1. The molecule has 1 N–H and O–H groups in total. The van der Waals surface area contributed by atoms with Crippen LogP contribution in [0.15, 0.2) is 58.5 Å². The fourth-order valence-electron chi connectivity index (χ4n) is 2.45. The number of fused-ring (bicyclic) bond motifs is 1. The van der Waals surface area contributed by atoms with Crippen molar-refractivity contribution >= 4 is 22.7 Å². The number of rotatable bonds is 5. The van der Waals surface area contributed by atoms with E-state index < -0.39 is 0 Å². The first-order valence-electron chi connectivity index (χ1n) is 7.59. The summed E-state index contributed by atoms with van der Waals surface area (Å²) in [6, 6.07) is 15.3. The van der Waals surface area contributed by atoms with Crippen LogP contribution in [0.5, 0.6) is 0 Å². The zero-order valence-corrected chi connectivity index (χ0v) is 13.7. The van der Waals surface area contributed by atoms with E-state index in [1.54, 1.807) is 10.6 Å². The van der Waals surface area contributed by atoms with Gasteiger partial charge in [-0.2, -0.15) is 0 Å². The Bertz CT molecular complexity index is 872. The fraction of sp³-hybridized carbons (Fsp3) is 0.222. The van der Waals surface area contributed by atoms with Crippen LogP contribution in [0.1, 0.15) is 12.5 Å². The summed E-state index contributed by atoms with van der Waals surface area (Å²) in [4.78, 5) is 17.5. The molecule has 0 aliphatic rings. The summed E-state index contributed by atoms with van der Waals surface area (Å²) >= 11 is 1.38. The first-order chi connectivity index (χ1) is 11.2. The summed E-state index contributed by atoms with van der Waals surface area (Å²) in [7, 11) is 0. The van der Waals surface area contributed by atoms with Gasteiger partial charge in [-0.3, -0.25) is 9.36 Å². The molecule has 3 rings (SSSR count). The minimum absolute atomic E-state index is 0.0438. The molecule has 0 aliphatic heterocycles. The summed E-state index contributed by atoms with van der Waals surface area (Å²) < 4.78 is 1.63. The topological polar surface area (TPSA) is 55.1 Å².